The maximum absolute atomic E-state index is 5.85. The van der Waals surface area contributed by atoms with Crippen molar-refractivity contribution in [2.75, 3.05) is 13.1 Å². The van der Waals surface area contributed by atoms with E-state index in [2.05, 4.69) is 28.9 Å². The molecule has 1 aromatic rings. The molecule has 0 radical (unpaired) electrons. The molecule has 1 saturated heterocycles. The minimum atomic E-state index is 0. The van der Waals surface area contributed by atoms with Gasteiger partial charge in [0.05, 0.1) is 5.69 Å². The molecule has 2 N–H and O–H groups in total. The van der Waals surface area contributed by atoms with Crippen molar-refractivity contribution in [3.8, 4) is 0 Å². The van der Waals surface area contributed by atoms with Crippen LogP contribution in [0.15, 0.2) is 24.4 Å². The van der Waals surface area contributed by atoms with E-state index in [1.165, 1.54) is 19.3 Å². The van der Waals surface area contributed by atoms with Crippen molar-refractivity contribution in [1.82, 2.24) is 9.88 Å². The Hall–Kier alpha value is -0.640. The summed E-state index contributed by atoms with van der Waals surface area (Å²) in [6, 6.07) is 7.04. The molecule has 1 aliphatic heterocycles. The van der Waals surface area contributed by atoms with E-state index in [-0.39, 0.29) is 12.4 Å². The Morgan fingerprint density at radius 2 is 2.29 bits per heavy atom. The van der Waals surface area contributed by atoms with Gasteiger partial charge in [0.2, 0.25) is 0 Å². The molecule has 0 aliphatic carbocycles. The smallest absolute Gasteiger partial charge is 0.0572 e. The highest BCUT2D eigenvalue weighted by Crippen LogP contribution is 2.26. The first kappa shape index (κ1) is 14.4. The number of nitrogens with two attached hydrogens (primary N) is 1. The zero-order valence-electron chi connectivity index (χ0n) is 10.4. The molecule has 0 amide bonds. The minimum Gasteiger partial charge on any atom is -0.329 e. The van der Waals surface area contributed by atoms with E-state index < -0.39 is 0 Å². The van der Waals surface area contributed by atoms with Crippen LogP contribution in [-0.2, 0) is 0 Å². The van der Waals surface area contributed by atoms with Gasteiger partial charge in [0.1, 0.15) is 0 Å². The van der Waals surface area contributed by atoms with Crippen LogP contribution in [-0.4, -0.2) is 29.0 Å². The van der Waals surface area contributed by atoms with Crippen LogP contribution in [0, 0.1) is 0 Å². The number of aromatic nitrogens is 1. The summed E-state index contributed by atoms with van der Waals surface area (Å²) in [5, 5.41) is 0. The fourth-order valence-electron chi connectivity index (χ4n) is 2.58. The Balaban J connectivity index is 0.00000144. The summed E-state index contributed by atoms with van der Waals surface area (Å²) in [5.74, 6) is 0. The number of likely N-dealkylation sites (tertiary alicyclic amines) is 1. The molecule has 96 valence electrons. The average molecular weight is 256 g/mol. The van der Waals surface area contributed by atoms with E-state index in [4.69, 9.17) is 5.73 Å². The molecule has 2 atom stereocenters. The van der Waals surface area contributed by atoms with E-state index >= 15 is 0 Å². The van der Waals surface area contributed by atoms with E-state index in [0.717, 1.165) is 18.8 Å². The molecule has 2 unspecified atom stereocenters. The largest absolute Gasteiger partial charge is 0.329 e. The first-order valence-electron chi connectivity index (χ1n) is 6.19. The highest BCUT2D eigenvalue weighted by Gasteiger charge is 2.26. The van der Waals surface area contributed by atoms with Gasteiger partial charge in [0.25, 0.3) is 0 Å². The van der Waals surface area contributed by atoms with E-state index in [9.17, 15) is 0 Å². The molecular formula is C13H22ClN3. The number of piperidine rings is 1. The van der Waals surface area contributed by atoms with Crippen LogP contribution in [0.3, 0.4) is 0 Å². The van der Waals surface area contributed by atoms with Crippen LogP contribution in [0.4, 0.5) is 0 Å². The molecule has 2 heterocycles. The van der Waals surface area contributed by atoms with Crippen LogP contribution in [0.2, 0.25) is 0 Å². The highest BCUT2D eigenvalue weighted by atomic mass is 35.5. The molecule has 4 heteroatoms. The number of hydrogen-bond acceptors (Lipinski definition) is 3. The zero-order valence-corrected chi connectivity index (χ0v) is 11.2. The van der Waals surface area contributed by atoms with Crippen molar-refractivity contribution in [2.24, 2.45) is 5.73 Å². The lowest BCUT2D eigenvalue weighted by molar-refractivity contribution is 0.106. The summed E-state index contributed by atoms with van der Waals surface area (Å²) < 4.78 is 0. The number of nitrogens with zero attached hydrogens (tertiary/aromatic N) is 2. The molecule has 17 heavy (non-hydrogen) atoms. The molecular weight excluding hydrogens is 234 g/mol. The standard InChI is InChI=1S/C13H21N3.ClH/c1-11(13-7-2-4-8-15-13)16-9-5-3-6-12(16)10-14;/h2,4,7-8,11-12H,3,5-6,9-10,14H2,1H3;1H. The third-order valence-electron chi connectivity index (χ3n) is 3.56. The van der Waals surface area contributed by atoms with Crippen molar-refractivity contribution >= 4 is 12.4 Å². The molecule has 1 fully saturated rings. The Bertz CT molecular complexity index is 318. The molecule has 0 spiro atoms. The second-order valence-corrected chi connectivity index (χ2v) is 4.55. The minimum absolute atomic E-state index is 0. The predicted molar refractivity (Wildman–Crippen MR) is 73.3 cm³/mol. The van der Waals surface area contributed by atoms with Crippen molar-refractivity contribution in [2.45, 2.75) is 38.3 Å². The summed E-state index contributed by atoms with van der Waals surface area (Å²) in [4.78, 5) is 6.95. The van der Waals surface area contributed by atoms with Gasteiger partial charge in [0.15, 0.2) is 0 Å². The molecule has 3 nitrogen and oxygen atoms in total. The van der Waals surface area contributed by atoms with Crippen LogP contribution >= 0.6 is 12.4 Å². The summed E-state index contributed by atoms with van der Waals surface area (Å²) in [6.07, 6.45) is 5.70. The summed E-state index contributed by atoms with van der Waals surface area (Å²) in [6.45, 7) is 4.15. The van der Waals surface area contributed by atoms with Gasteiger partial charge in [-0.05, 0) is 38.4 Å². The highest BCUT2D eigenvalue weighted by molar-refractivity contribution is 5.85. The Morgan fingerprint density at radius 1 is 1.47 bits per heavy atom. The summed E-state index contributed by atoms with van der Waals surface area (Å²) in [7, 11) is 0. The number of hydrogen-bond donors (Lipinski definition) is 1. The second kappa shape index (κ2) is 6.94. The molecule has 2 rings (SSSR count). The van der Waals surface area contributed by atoms with Crippen LogP contribution in [0.25, 0.3) is 0 Å². The monoisotopic (exact) mass is 255 g/mol. The molecule has 1 aliphatic rings. The predicted octanol–water partition coefficient (Wildman–Crippen LogP) is 2.38. The summed E-state index contributed by atoms with van der Waals surface area (Å²) in [5.41, 5.74) is 7.00. The van der Waals surface area contributed by atoms with Gasteiger partial charge in [-0.1, -0.05) is 12.5 Å². The third-order valence-corrected chi connectivity index (χ3v) is 3.56. The first-order chi connectivity index (χ1) is 7.83. The molecule has 1 aromatic heterocycles. The third kappa shape index (κ3) is 3.41. The zero-order chi connectivity index (χ0) is 11.4. The average Bonchev–Trinajstić information content (AvgIpc) is 2.39. The fourth-order valence-corrected chi connectivity index (χ4v) is 2.58. The maximum atomic E-state index is 5.85. The van der Waals surface area contributed by atoms with Crippen LogP contribution in [0.5, 0.6) is 0 Å². The normalized spacial score (nSPS) is 22.8. The van der Waals surface area contributed by atoms with Crippen molar-refractivity contribution in [3.05, 3.63) is 30.1 Å². The van der Waals surface area contributed by atoms with E-state index in [1.54, 1.807) is 0 Å². The van der Waals surface area contributed by atoms with Crippen LogP contribution < -0.4 is 5.73 Å². The van der Waals surface area contributed by atoms with E-state index in [0.29, 0.717) is 12.1 Å². The van der Waals surface area contributed by atoms with Gasteiger partial charge in [-0.25, -0.2) is 0 Å². The van der Waals surface area contributed by atoms with Gasteiger partial charge >= 0.3 is 0 Å². The lowest BCUT2D eigenvalue weighted by Gasteiger charge is -2.39. The molecule has 0 bridgehead atoms. The maximum Gasteiger partial charge on any atom is 0.0572 e. The number of pyridine rings is 1. The van der Waals surface area contributed by atoms with Crippen molar-refractivity contribution in [3.63, 3.8) is 0 Å². The van der Waals surface area contributed by atoms with E-state index in [1.807, 2.05) is 12.3 Å². The molecule has 0 saturated carbocycles. The van der Waals surface area contributed by atoms with Crippen molar-refractivity contribution in [1.29, 1.82) is 0 Å². The van der Waals surface area contributed by atoms with Gasteiger partial charge in [-0.15, -0.1) is 12.4 Å². The fraction of sp³-hybridized carbons (Fsp3) is 0.615. The Kier molecular flexibility index (Phi) is 5.89. The Labute approximate surface area is 110 Å². The lowest BCUT2D eigenvalue weighted by Crippen LogP contribution is -2.45. The number of rotatable bonds is 3. The van der Waals surface area contributed by atoms with Gasteiger partial charge < -0.3 is 5.73 Å². The summed E-state index contributed by atoms with van der Waals surface area (Å²) >= 11 is 0. The SMILES string of the molecule is CC(c1ccccn1)N1CCCCC1CN.Cl. The molecule has 0 aromatic carbocycles. The second-order valence-electron chi connectivity index (χ2n) is 4.55. The Morgan fingerprint density at radius 3 is 2.94 bits per heavy atom. The van der Waals surface area contributed by atoms with Crippen LogP contribution in [0.1, 0.15) is 37.9 Å². The van der Waals surface area contributed by atoms with Crippen molar-refractivity contribution < 1.29 is 0 Å². The lowest BCUT2D eigenvalue weighted by atomic mass is 9.99. The van der Waals surface area contributed by atoms with Gasteiger partial charge in [-0.3, -0.25) is 9.88 Å². The van der Waals surface area contributed by atoms with Gasteiger partial charge in [0, 0.05) is 24.8 Å². The number of halogens is 1. The topological polar surface area (TPSA) is 42.2 Å². The quantitative estimate of drug-likeness (QED) is 0.902. The first-order valence-corrected chi connectivity index (χ1v) is 6.19. The van der Waals surface area contributed by atoms with Gasteiger partial charge in [-0.2, -0.15) is 0 Å².